The molecule has 0 bridgehead atoms. The molecule has 32 heavy (non-hydrogen) atoms. The largest absolute Gasteiger partial charge is 0.461 e. The maximum absolute atomic E-state index is 12.5. The standard InChI is InChI=1S/C22H31N3O7/c1-14(17(26)10-11-19(28)31-13-15-8-6-5-7-9-15)24-20(29)16(12-18(23)27)25-21(30)32-22(2,3)4/h5-9,14,16H,10-13H2,1-4H3,(H2,23,27)(H,24,29)(H,25,30)/t14-,16-/m0/s1. The van der Waals surface area contributed by atoms with E-state index in [2.05, 4.69) is 10.6 Å². The summed E-state index contributed by atoms with van der Waals surface area (Å²) in [5, 5.41) is 4.69. The van der Waals surface area contributed by atoms with Crippen LogP contribution in [0.1, 0.15) is 52.5 Å². The number of ketones is 1. The molecule has 0 fully saturated rings. The van der Waals surface area contributed by atoms with E-state index in [1.807, 2.05) is 30.3 Å². The summed E-state index contributed by atoms with van der Waals surface area (Å²) in [6.45, 7) is 6.46. The molecule has 0 aliphatic heterocycles. The number of hydrogen-bond acceptors (Lipinski definition) is 7. The second-order valence-electron chi connectivity index (χ2n) is 8.21. The SMILES string of the molecule is C[C@H](NC(=O)[C@H](CC(N)=O)NC(=O)OC(C)(C)C)C(=O)CCC(=O)OCc1ccccc1. The molecule has 0 saturated heterocycles. The number of primary amides is 1. The third kappa shape index (κ3) is 11.1. The molecule has 0 saturated carbocycles. The highest BCUT2D eigenvalue weighted by Crippen LogP contribution is 2.08. The topological polar surface area (TPSA) is 154 Å². The van der Waals surface area contributed by atoms with Gasteiger partial charge >= 0.3 is 12.1 Å². The summed E-state index contributed by atoms with van der Waals surface area (Å²) >= 11 is 0. The summed E-state index contributed by atoms with van der Waals surface area (Å²) in [6.07, 6.45) is -1.67. The maximum atomic E-state index is 12.5. The Labute approximate surface area is 187 Å². The van der Waals surface area contributed by atoms with Gasteiger partial charge in [-0.3, -0.25) is 19.2 Å². The molecule has 0 radical (unpaired) electrons. The van der Waals surface area contributed by atoms with Crippen LogP contribution in [-0.2, 0) is 35.3 Å². The quantitative estimate of drug-likeness (QED) is 0.431. The Morgan fingerprint density at radius 3 is 2.19 bits per heavy atom. The van der Waals surface area contributed by atoms with E-state index in [0.717, 1.165) is 5.56 Å². The first kappa shape index (κ1) is 26.6. The number of benzene rings is 1. The van der Waals surface area contributed by atoms with E-state index in [1.54, 1.807) is 20.8 Å². The Hall–Kier alpha value is -3.43. The van der Waals surface area contributed by atoms with E-state index in [-0.39, 0.29) is 19.4 Å². The van der Waals surface area contributed by atoms with E-state index in [0.29, 0.717) is 0 Å². The fourth-order valence-electron chi connectivity index (χ4n) is 2.51. The Morgan fingerprint density at radius 1 is 1.00 bits per heavy atom. The normalized spacial score (nSPS) is 12.8. The van der Waals surface area contributed by atoms with Gasteiger partial charge in [-0.2, -0.15) is 0 Å². The van der Waals surface area contributed by atoms with Gasteiger partial charge in [-0.1, -0.05) is 30.3 Å². The molecular formula is C22H31N3O7. The van der Waals surface area contributed by atoms with Crippen LogP contribution in [0.3, 0.4) is 0 Å². The number of esters is 1. The smallest absolute Gasteiger partial charge is 0.408 e. The number of carbonyl (C=O) groups is 5. The second kappa shape index (κ2) is 12.4. The highest BCUT2D eigenvalue weighted by molar-refractivity contribution is 5.94. The molecular weight excluding hydrogens is 418 g/mol. The van der Waals surface area contributed by atoms with Crippen molar-refractivity contribution in [2.45, 2.75) is 71.2 Å². The number of amides is 3. The highest BCUT2D eigenvalue weighted by atomic mass is 16.6. The molecule has 0 heterocycles. The lowest BCUT2D eigenvalue weighted by molar-refractivity contribution is -0.146. The summed E-state index contributed by atoms with van der Waals surface area (Å²) in [4.78, 5) is 59.8. The van der Waals surface area contributed by atoms with Gasteiger partial charge < -0.3 is 25.8 Å². The maximum Gasteiger partial charge on any atom is 0.408 e. The fraction of sp³-hybridized carbons (Fsp3) is 0.500. The number of ether oxygens (including phenoxy) is 2. The molecule has 3 amide bonds. The minimum absolute atomic E-state index is 0.102. The summed E-state index contributed by atoms with van der Waals surface area (Å²) in [6, 6.07) is 6.83. The number of nitrogens with one attached hydrogen (secondary N) is 2. The van der Waals surface area contributed by atoms with E-state index in [9.17, 15) is 24.0 Å². The Morgan fingerprint density at radius 2 is 1.62 bits per heavy atom. The zero-order valence-electron chi connectivity index (χ0n) is 18.8. The molecule has 1 aromatic carbocycles. The van der Waals surface area contributed by atoms with Crippen LogP contribution in [-0.4, -0.2) is 47.3 Å². The van der Waals surface area contributed by atoms with Crippen LogP contribution in [0.5, 0.6) is 0 Å². The highest BCUT2D eigenvalue weighted by Gasteiger charge is 2.28. The van der Waals surface area contributed by atoms with Crippen molar-refractivity contribution < 1.29 is 33.4 Å². The van der Waals surface area contributed by atoms with Crippen LogP contribution in [0.15, 0.2) is 30.3 Å². The average Bonchev–Trinajstić information content (AvgIpc) is 2.68. The number of carbonyl (C=O) groups excluding carboxylic acids is 5. The van der Waals surface area contributed by atoms with Gasteiger partial charge in [-0.25, -0.2) is 4.79 Å². The average molecular weight is 450 g/mol. The van der Waals surface area contributed by atoms with Gasteiger partial charge in [0.1, 0.15) is 18.2 Å². The van der Waals surface area contributed by atoms with Crippen molar-refractivity contribution in [3.05, 3.63) is 35.9 Å². The van der Waals surface area contributed by atoms with Crippen LogP contribution in [0.2, 0.25) is 0 Å². The third-order valence-electron chi connectivity index (χ3n) is 4.07. The molecule has 10 heteroatoms. The summed E-state index contributed by atoms with van der Waals surface area (Å²) in [7, 11) is 0. The lowest BCUT2D eigenvalue weighted by atomic mass is 10.1. The summed E-state index contributed by atoms with van der Waals surface area (Å²) in [5.74, 6) is -2.55. The van der Waals surface area contributed by atoms with Crippen LogP contribution in [0.4, 0.5) is 4.79 Å². The third-order valence-corrected chi connectivity index (χ3v) is 4.07. The first-order chi connectivity index (χ1) is 14.9. The first-order valence-electron chi connectivity index (χ1n) is 10.2. The molecule has 0 unspecified atom stereocenters. The monoisotopic (exact) mass is 449 g/mol. The van der Waals surface area contributed by atoms with Gasteiger partial charge in [-0.15, -0.1) is 0 Å². The van der Waals surface area contributed by atoms with E-state index < -0.39 is 53.8 Å². The fourth-order valence-corrected chi connectivity index (χ4v) is 2.51. The molecule has 1 rings (SSSR count). The molecule has 0 aliphatic carbocycles. The van der Waals surface area contributed by atoms with Crippen LogP contribution in [0, 0.1) is 0 Å². The number of rotatable bonds is 11. The van der Waals surface area contributed by atoms with Crippen molar-refractivity contribution in [1.82, 2.24) is 10.6 Å². The van der Waals surface area contributed by atoms with Gasteiger partial charge in [0.15, 0.2) is 5.78 Å². The van der Waals surface area contributed by atoms with Gasteiger partial charge in [-0.05, 0) is 33.3 Å². The summed E-state index contributed by atoms with van der Waals surface area (Å²) < 4.78 is 10.2. The van der Waals surface area contributed by atoms with Gasteiger partial charge in [0.2, 0.25) is 11.8 Å². The molecule has 2 atom stereocenters. The van der Waals surface area contributed by atoms with E-state index >= 15 is 0 Å². The Kier molecular flexibility index (Phi) is 10.3. The minimum Gasteiger partial charge on any atom is -0.461 e. The predicted octanol–water partition coefficient (Wildman–Crippen LogP) is 1.35. The lowest BCUT2D eigenvalue weighted by Gasteiger charge is -2.23. The predicted molar refractivity (Wildman–Crippen MR) is 115 cm³/mol. The zero-order valence-corrected chi connectivity index (χ0v) is 18.8. The van der Waals surface area contributed by atoms with Crippen molar-refractivity contribution in [1.29, 1.82) is 0 Å². The van der Waals surface area contributed by atoms with Crippen molar-refractivity contribution in [2.75, 3.05) is 0 Å². The van der Waals surface area contributed by atoms with Crippen LogP contribution < -0.4 is 16.4 Å². The zero-order chi connectivity index (χ0) is 24.3. The molecule has 0 spiro atoms. The number of nitrogens with two attached hydrogens (primary N) is 1. The van der Waals surface area contributed by atoms with Crippen molar-refractivity contribution in [2.24, 2.45) is 5.73 Å². The number of hydrogen-bond donors (Lipinski definition) is 3. The Balaban J connectivity index is 2.52. The summed E-state index contributed by atoms with van der Waals surface area (Å²) in [5.41, 5.74) is 5.16. The van der Waals surface area contributed by atoms with Gasteiger partial charge in [0, 0.05) is 6.42 Å². The molecule has 4 N–H and O–H groups in total. The number of Topliss-reactive ketones (excluding diaryl/α,β-unsaturated/α-hetero) is 1. The lowest BCUT2D eigenvalue weighted by Crippen LogP contribution is -2.52. The minimum atomic E-state index is -1.31. The molecule has 176 valence electrons. The second-order valence-corrected chi connectivity index (χ2v) is 8.21. The van der Waals surface area contributed by atoms with Crippen molar-refractivity contribution >= 4 is 29.7 Å². The van der Waals surface area contributed by atoms with Gasteiger partial charge in [0.25, 0.3) is 0 Å². The molecule has 0 aromatic heterocycles. The first-order valence-corrected chi connectivity index (χ1v) is 10.2. The molecule has 0 aliphatic rings. The molecule has 10 nitrogen and oxygen atoms in total. The Bertz CT molecular complexity index is 819. The molecule has 1 aromatic rings. The van der Waals surface area contributed by atoms with Crippen molar-refractivity contribution in [3.8, 4) is 0 Å². The number of alkyl carbamates (subject to hydrolysis) is 1. The van der Waals surface area contributed by atoms with E-state index in [4.69, 9.17) is 15.2 Å². The van der Waals surface area contributed by atoms with Crippen molar-refractivity contribution in [3.63, 3.8) is 0 Å². The van der Waals surface area contributed by atoms with Crippen LogP contribution >= 0.6 is 0 Å². The van der Waals surface area contributed by atoms with Gasteiger partial charge in [0.05, 0.1) is 18.9 Å². The van der Waals surface area contributed by atoms with Crippen LogP contribution in [0.25, 0.3) is 0 Å². The van der Waals surface area contributed by atoms with E-state index in [1.165, 1.54) is 6.92 Å².